The normalized spacial score (nSPS) is 20.2. The Balaban J connectivity index is 1.75. The van der Waals surface area contributed by atoms with Crippen LogP contribution in [0.25, 0.3) is 0 Å². The fraction of sp³-hybridized carbons (Fsp3) is 0.381. The van der Waals surface area contributed by atoms with E-state index in [2.05, 4.69) is 5.32 Å². The number of nitrogens with zero attached hydrogens (tertiary/aromatic N) is 1. The molecule has 1 aliphatic heterocycles. The van der Waals surface area contributed by atoms with Gasteiger partial charge in [0.1, 0.15) is 5.75 Å². The molecule has 0 bridgehead atoms. The number of sulfonamides is 1. The molecule has 0 unspecified atom stereocenters. The molecule has 0 spiro atoms. The number of nitrogens with one attached hydrogen (secondary N) is 1. The lowest BCUT2D eigenvalue weighted by atomic mass is 10.2. The van der Waals surface area contributed by atoms with Crippen LogP contribution in [0.2, 0.25) is 0 Å². The number of carbonyl (C=O) groups excluding carboxylic acids is 1. The summed E-state index contributed by atoms with van der Waals surface area (Å²) in [5, 5.41) is 2.80. The van der Waals surface area contributed by atoms with Gasteiger partial charge in [0.2, 0.25) is 10.0 Å². The molecule has 7 nitrogen and oxygen atoms in total. The Morgan fingerprint density at radius 2 is 1.72 bits per heavy atom. The van der Waals surface area contributed by atoms with Crippen LogP contribution in [-0.4, -0.2) is 50.5 Å². The topological polar surface area (TPSA) is 84.9 Å². The highest BCUT2D eigenvalue weighted by Gasteiger charge is 2.32. The summed E-state index contributed by atoms with van der Waals surface area (Å²) in [6.45, 7) is 6.68. The molecule has 29 heavy (non-hydrogen) atoms. The SMILES string of the molecule is CCOc1ccccc1NC(=O)c1ccc(S(=O)(=O)N2C[C@@H](C)O[C@@H](C)C2)cc1. The number of para-hydroxylation sites is 2. The number of hydrogen-bond donors (Lipinski definition) is 1. The summed E-state index contributed by atoms with van der Waals surface area (Å²) in [5.41, 5.74) is 0.923. The highest BCUT2D eigenvalue weighted by atomic mass is 32.2. The van der Waals surface area contributed by atoms with Crippen molar-refractivity contribution in [2.45, 2.75) is 37.9 Å². The largest absolute Gasteiger partial charge is 0.492 e. The monoisotopic (exact) mass is 418 g/mol. The van der Waals surface area contributed by atoms with Crippen LogP contribution >= 0.6 is 0 Å². The average molecular weight is 419 g/mol. The summed E-state index contributed by atoms with van der Waals surface area (Å²) in [6.07, 6.45) is -0.326. The van der Waals surface area contributed by atoms with Crippen LogP contribution in [-0.2, 0) is 14.8 Å². The van der Waals surface area contributed by atoms with Crippen molar-refractivity contribution in [2.24, 2.45) is 0 Å². The van der Waals surface area contributed by atoms with Crippen LogP contribution < -0.4 is 10.1 Å². The Morgan fingerprint density at radius 1 is 1.10 bits per heavy atom. The van der Waals surface area contributed by atoms with Crippen molar-refractivity contribution in [1.82, 2.24) is 4.31 Å². The van der Waals surface area contributed by atoms with Crippen molar-refractivity contribution >= 4 is 21.6 Å². The Morgan fingerprint density at radius 3 is 2.34 bits per heavy atom. The second-order valence-electron chi connectivity index (χ2n) is 6.99. The molecule has 8 heteroatoms. The van der Waals surface area contributed by atoms with Crippen LogP contribution in [0.3, 0.4) is 0 Å². The van der Waals surface area contributed by atoms with E-state index in [4.69, 9.17) is 9.47 Å². The van der Waals surface area contributed by atoms with E-state index in [9.17, 15) is 13.2 Å². The molecule has 2 aromatic carbocycles. The lowest BCUT2D eigenvalue weighted by Gasteiger charge is -2.34. The van der Waals surface area contributed by atoms with Crippen molar-refractivity contribution in [3.8, 4) is 5.75 Å². The van der Waals surface area contributed by atoms with Gasteiger partial charge in [-0.3, -0.25) is 4.79 Å². The minimum Gasteiger partial charge on any atom is -0.492 e. The molecule has 3 rings (SSSR count). The van der Waals surface area contributed by atoms with Gasteiger partial charge in [0.05, 0.1) is 29.4 Å². The van der Waals surface area contributed by atoms with Crippen molar-refractivity contribution in [2.75, 3.05) is 25.0 Å². The molecule has 1 saturated heterocycles. The van der Waals surface area contributed by atoms with E-state index in [0.29, 0.717) is 36.7 Å². The van der Waals surface area contributed by atoms with E-state index in [-0.39, 0.29) is 23.0 Å². The molecule has 1 fully saturated rings. The van der Waals surface area contributed by atoms with Crippen LogP contribution in [0.4, 0.5) is 5.69 Å². The van der Waals surface area contributed by atoms with Gasteiger partial charge >= 0.3 is 0 Å². The average Bonchev–Trinajstić information content (AvgIpc) is 2.69. The maximum absolute atomic E-state index is 12.9. The van der Waals surface area contributed by atoms with Crippen LogP contribution in [0.5, 0.6) is 5.75 Å². The number of ether oxygens (including phenoxy) is 2. The van der Waals surface area contributed by atoms with Gasteiger partial charge in [-0.1, -0.05) is 12.1 Å². The number of hydrogen-bond acceptors (Lipinski definition) is 5. The third-order valence-electron chi connectivity index (χ3n) is 4.58. The van der Waals surface area contributed by atoms with Crippen molar-refractivity contribution in [3.63, 3.8) is 0 Å². The highest BCUT2D eigenvalue weighted by Crippen LogP contribution is 2.25. The molecule has 1 aliphatic rings. The van der Waals surface area contributed by atoms with E-state index >= 15 is 0 Å². The van der Waals surface area contributed by atoms with E-state index < -0.39 is 10.0 Å². The Kier molecular flexibility index (Phi) is 6.56. The minimum absolute atomic E-state index is 0.157. The third kappa shape index (κ3) is 4.95. The molecule has 1 N–H and O–H groups in total. The van der Waals surface area contributed by atoms with E-state index in [1.165, 1.54) is 28.6 Å². The molecule has 0 aromatic heterocycles. The first-order valence-corrected chi connectivity index (χ1v) is 11.0. The van der Waals surface area contributed by atoms with Gasteiger partial charge in [-0.2, -0.15) is 4.31 Å². The van der Waals surface area contributed by atoms with Crippen molar-refractivity contribution in [1.29, 1.82) is 0 Å². The number of carbonyl (C=O) groups is 1. The molecular formula is C21H26N2O5S. The third-order valence-corrected chi connectivity index (χ3v) is 6.42. The second kappa shape index (κ2) is 8.94. The van der Waals surface area contributed by atoms with Gasteiger partial charge in [-0.05, 0) is 57.2 Å². The zero-order chi connectivity index (χ0) is 21.0. The van der Waals surface area contributed by atoms with Crippen LogP contribution in [0, 0.1) is 0 Å². The van der Waals surface area contributed by atoms with Gasteiger partial charge in [0.25, 0.3) is 5.91 Å². The molecule has 0 saturated carbocycles. The number of rotatable bonds is 6. The van der Waals surface area contributed by atoms with Crippen molar-refractivity contribution < 1.29 is 22.7 Å². The number of benzene rings is 2. The molecule has 2 atom stereocenters. The Labute approximate surface area is 171 Å². The summed E-state index contributed by atoms with van der Waals surface area (Å²) >= 11 is 0. The summed E-state index contributed by atoms with van der Waals surface area (Å²) in [5.74, 6) is 0.243. The fourth-order valence-corrected chi connectivity index (χ4v) is 4.89. The van der Waals surface area contributed by atoms with Gasteiger partial charge in [0, 0.05) is 18.7 Å². The van der Waals surface area contributed by atoms with Crippen LogP contribution in [0.1, 0.15) is 31.1 Å². The predicted molar refractivity (Wildman–Crippen MR) is 111 cm³/mol. The lowest BCUT2D eigenvalue weighted by Crippen LogP contribution is -2.48. The molecule has 2 aromatic rings. The molecule has 1 heterocycles. The number of morpholine rings is 1. The van der Waals surface area contributed by atoms with Gasteiger partial charge in [0.15, 0.2) is 0 Å². The first kappa shape index (κ1) is 21.3. The standard InChI is InChI=1S/C21H26N2O5S/c1-4-27-20-8-6-5-7-19(20)22-21(24)17-9-11-18(12-10-17)29(25,26)23-13-15(2)28-16(3)14-23/h5-12,15-16H,4,13-14H2,1-3H3,(H,22,24)/t15-,16+. The van der Waals surface area contributed by atoms with E-state index in [0.717, 1.165) is 0 Å². The smallest absolute Gasteiger partial charge is 0.255 e. The maximum Gasteiger partial charge on any atom is 0.255 e. The first-order chi connectivity index (χ1) is 13.8. The van der Waals surface area contributed by atoms with Gasteiger partial charge in [-0.15, -0.1) is 0 Å². The number of amides is 1. The van der Waals surface area contributed by atoms with Gasteiger partial charge in [-0.25, -0.2) is 8.42 Å². The summed E-state index contributed by atoms with van der Waals surface area (Å²) in [6, 6.07) is 13.1. The molecule has 0 aliphatic carbocycles. The zero-order valence-electron chi connectivity index (χ0n) is 16.8. The Hall–Kier alpha value is -2.42. The second-order valence-corrected chi connectivity index (χ2v) is 8.92. The summed E-state index contributed by atoms with van der Waals surface area (Å²) < 4.78 is 38.4. The van der Waals surface area contributed by atoms with Gasteiger partial charge < -0.3 is 14.8 Å². The van der Waals surface area contributed by atoms with Crippen LogP contribution in [0.15, 0.2) is 53.4 Å². The minimum atomic E-state index is -3.64. The molecule has 0 radical (unpaired) electrons. The number of anilines is 1. The molecular weight excluding hydrogens is 392 g/mol. The lowest BCUT2D eigenvalue weighted by molar-refractivity contribution is -0.0440. The summed E-state index contributed by atoms with van der Waals surface area (Å²) in [7, 11) is -3.64. The summed E-state index contributed by atoms with van der Waals surface area (Å²) in [4.78, 5) is 12.7. The van der Waals surface area contributed by atoms with E-state index in [1.807, 2.05) is 26.8 Å². The maximum atomic E-state index is 12.9. The Bertz CT molecular complexity index is 949. The predicted octanol–water partition coefficient (Wildman–Crippen LogP) is 3.14. The first-order valence-electron chi connectivity index (χ1n) is 9.60. The molecule has 156 valence electrons. The van der Waals surface area contributed by atoms with Crippen molar-refractivity contribution in [3.05, 3.63) is 54.1 Å². The van der Waals surface area contributed by atoms with E-state index in [1.54, 1.807) is 18.2 Å². The quantitative estimate of drug-likeness (QED) is 0.779. The molecule has 1 amide bonds. The zero-order valence-corrected chi connectivity index (χ0v) is 17.6. The fourth-order valence-electron chi connectivity index (χ4n) is 3.30. The highest BCUT2D eigenvalue weighted by molar-refractivity contribution is 7.89.